The van der Waals surface area contributed by atoms with Crippen molar-refractivity contribution in [1.82, 2.24) is 9.78 Å². The molecule has 2 heterocycles. The van der Waals surface area contributed by atoms with Gasteiger partial charge in [-0.05, 0) is 68.0 Å². The van der Waals surface area contributed by atoms with Crippen LogP contribution in [0, 0.1) is 13.8 Å². The third kappa shape index (κ3) is 5.14. The number of aromatic nitrogens is 2. The van der Waals surface area contributed by atoms with Gasteiger partial charge in [-0.2, -0.15) is 5.10 Å². The van der Waals surface area contributed by atoms with Gasteiger partial charge in [-0.25, -0.2) is 4.68 Å². The van der Waals surface area contributed by atoms with E-state index in [1.54, 1.807) is 11.0 Å². The van der Waals surface area contributed by atoms with Crippen LogP contribution in [0.25, 0.3) is 23.0 Å². The molecule has 37 heavy (non-hydrogen) atoms. The largest absolute Gasteiger partial charge is 0.489 e. The van der Waals surface area contributed by atoms with Gasteiger partial charge >= 0.3 is 0 Å². The van der Waals surface area contributed by atoms with Crippen molar-refractivity contribution >= 4 is 46.0 Å². The van der Waals surface area contributed by atoms with Gasteiger partial charge in [-0.1, -0.05) is 72.5 Å². The van der Waals surface area contributed by atoms with Gasteiger partial charge in [0, 0.05) is 17.3 Å². The number of thioether (sulfide) groups is 1. The van der Waals surface area contributed by atoms with Gasteiger partial charge in [0.1, 0.15) is 18.1 Å². The third-order valence-corrected chi connectivity index (χ3v) is 7.24. The van der Waals surface area contributed by atoms with Crippen LogP contribution in [0.15, 0.2) is 96.6 Å². The quantitative estimate of drug-likeness (QED) is 0.147. The molecule has 0 saturated carbocycles. The highest BCUT2D eigenvalue weighted by atomic mass is 32.2. The lowest BCUT2D eigenvalue weighted by atomic mass is 10.0. The first kappa shape index (κ1) is 24.7. The van der Waals surface area contributed by atoms with E-state index in [0.29, 0.717) is 15.8 Å². The van der Waals surface area contributed by atoms with Crippen LogP contribution in [0.3, 0.4) is 0 Å². The molecule has 0 bridgehead atoms. The fraction of sp³-hybridized carbons (Fsp3) is 0.100. The standard InChI is InChI=1S/C30H25N3O2S2/c1-4-16-35-26-15-12-22(17-21(26)3)28-23(19-32(31-28)24-8-6-5-7-9-24)18-27-29(34)33(30(36)37-27)25-13-10-20(2)11-14-25/h4-15,17-19H,1,16H2,2-3H3. The first-order chi connectivity index (χ1) is 17.9. The SMILES string of the molecule is C=CCOc1ccc(-c2nn(-c3ccccc3)cc2C=C2SC(=S)N(c3ccc(C)cc3)C2=O)cc1C. The molecule has 0 aliphatic carbocycles. The van der Waals surface area contributed by atoms with Crippen molar-refractivity contribution in [3.8, 4) is 22.7 Å². The number of carbonyl (C=O) groups is 1. The average Bonchev–Trinajstić information content (AvgIpc) is 3.45. The summed E-state index contributed by atoms with van der Waals surface area (Å²) in [5.41, 5.74) is 6.33. The van der Waals surface area contributed by atoms with Gasteiger partial charge in [0.05, 0.1) is 16.3 Å². The minimum atomic E-state index is -0.137. The topological polar surface area (TPSA) is 47.4 Å². The smallest absolute Gasteiger partial charge is 0.270 e. The van der Waals surface area contributed by atoms with Gasteiger partial charge in [-0.3, -0.25) is 9.69 Å². The molecular formula is C30H25N3O2S2. The maximum absolute atomic E-state index is 13.4. The maximum Gasteiger partial charge on any atom is 0.270 e. The van der Waals surface area contributed by atoms with E-state index in [1.807, 2.05) is 104 Å². The number of ether oxygens (including phenoxy) is 1. The van der Waals surface area contributed by atoms with Crippen molar-refractivity contribution in [2.45, 2.75) is 13.8 Å². The Hall–Kier alpha value is -3.94. The molecule has 0 unspecified atom stereocenters. The molecule has 1 aromatic heterocycles. The van der Waals surface area contributed by atoms with Gasteiger partial charge in [0.25, 0.3) is 5.91 Å². The highest BCUT2D eigenvalue weighted by Crippen LogP contribution is 2.38. The molecule has 1 amide bonds. The number of anilines is 1. The van der Waals surface area contributed by atoms with Crippen molar-refractivity contribution in [2.75, 3.05) is 11.5 Å². The highest BCUT2D eigenvalue weighted by molar-refractivity contribution is 8.27. The molecule has 1 aliphatic heterocycles. The van der Waals surface area contributed by atoms with Crippen LogP contribution < -0.4 is 9.64 Å². The van der Waals surface area contributed by atoms with Crippen LogP contribution in [0.5, 0.6) is 5.75 Å². The Morgan fingerprint density at radius 3 is 2.49 bits per heavy atom. The maximum atomic E-state index is 13.4. The lowest BCUT2D eigenvalue weighted by Gasteiger charge is -2.14. The van der Waals surface area contributed by atoms with E-state index in [1.165, 1.54) is 11.8 Å². The molecule has 0 spiro atoms. The number of hydrogen-bond donors (Lipinski definition) is 0. The van der Waals surface area contributed by atoms with Crippen molar-refractivity contribution < 1.29 is 9.53 Å². The summed E-state index contributed by atoms with van der Waals surface area (Å²) >= 11 is 6.89. The fourth-order valence-corrected chi connectivity index (χ4v) is 5.35. The molecule has 184 valence electrons. The predicted octanol–water partition coefficient (Wildman–Crippen LogP) is 7.13. The molecule has 5 rings (SSSR count). The zero-order valence-electron chi connectivity index (χ0n) is 20.5. The summed E-state index contributed by atoms with van der Waals surface area (Å²) < 4.78 is 8.10. The van der Waals surface area contributed by atoms with Crippen molar-refractivity contribution in [3.63, 3.8) is 0 Å². The highest BCUT2D eigenvalue weighted by Gasteiger charge is 2.33. The second kappa shape index (κ2) is 10.6. The monoisotopic (exact) mass is 523 g/mol. The Morgan fingerprint density at radius 2 is 1.78 bits per heavy atom. The van der Waals surface area contributed by atoms with E-state index in [2.05, 4.69) is 6.58 Å². The van der Waals surface area contributed by atoms with Crippen LogP contribution in [0.4, 0.5) is 5.69 Å². The zero-order chi connectivity index (χ0) is 25.9. The molecule has 4 aromatic rings. The van der Waals surface area contributed by atoms with E-state index in [0.717, 1.165) is 45.1 Å². The minimum absolute atomic E-state index is 0.137. The summed E-state index contributed by atoms with van der Waals surface area (Å²) in [5.74, 6) is 0.660. The number of benzene rings is 3. The molecular weight excluding hydrogens is 498 g/mol. The first-order valence-corrected chi connectivity index (χ1v) is 13.0. The van der Waals surface area contributed by atoms with Crippen LogP contribution in [-0.4, -0.2) is 26.6 Å². The molecule has 1 saturated heterocycles. The van der Waals surface area contributed by atoms with Gasteiger partial charge in [0.2, 0.25) is 0 Å². The summed E-state index contributed by atoms with van der Waals surface area (Å²) in [6, 6.07) is 23.7. The predicted molar refractivity (Wildman–Crippen MR) is 156 cm³/mol. The number of rotatable bonds is 7. The first-order valence-electron chi connectivity index (χ1n) is 11.8. The number of thiocarbonyl (C=S) groups is 1. The fourth-order valence-electron chi connectivity index (χ4n) is 4.06. The molecule has 1 fully saturated rings. The summed E-state index contributed by atoms with van der Waals surface area (Å²) in [6.07, 6.45) is 5.55. The number of aryl methyl sites for hydroxylation is 2. The summed E-state index contributed by atoms with van der Waals surface area (Å²) in [7, 11) is 0. The van der Waals surface area contributed by atoms with E-state index in [4.69, 9.17) is 22.1 Å². The Labute approximate surface area is 226 Å². The van der Waals surface area contributed by atoms with E-state index in [9.17, 15) is 4.79 Å². The Kier molecular flexibility index (Phi) is 7.08. The Balaban J connectivity index is 1.56. The molecule has 0 radical (unpaired) electrons. The van der Waals surface area contributed by atoms with Crippen LogP contribution >= 0.6 is 24.0 Å². The molecule has 3 aromatic carbocycles. The summed E-state index contributed by atoms with van der Waals surface area (Å²) in [4.78, 5) is 15.6. The van der Waals surface area contributed by atoms with Gasteiger partial charge in [-0.15, -0.1) is 0 Å². The summed E-state index contributed by atoms with van der Waals surface area (Å²) in [5, 5.41) is 4.90. The van der Waals surface area contributed by atoms with Crippen molar-refractivity contribution in [2.24, 2.45) is 0 Å². The van der Waals surface area contributed by atoms with Gasteiger partial charge < -0.3 is 4.74 Å². The summed E-state index contributed by atoms with van der Waals surface area (Å²) in [6.45, 7) is 8.17. The number of amides is 1. The Bertz CT molecular complexity index is 1520. The average molecular weight is 524 g/mol. The lowest BCUT2D eigenvalue weighted by Crippen LogP contribution is -2.27. The number of carbonyl (C=O) groups excluding carboxylic acids is 1. The lowest BCUT2D eigenvalue weighted by molar-refractivity contribution is -0.113. The Morgan fingerprint density at radius 1 is 1.03 bits per heavy atom. The van der Waals surface area contributed by atoms with Crippen LogP contribution in [-0.2, 0) is 4.79 Å². The molecule has 0 N–H and O–H groups in total. The molecule has 7 heteroatoms. The molecule has 0 atom stereocenters. The zero-order valence-corrected chi connectivity index (χ0v) is 22.2. The third-order valence-electron chi connectivity index (χ3n) is 5.94. The van der Waals surface area contributed by atoms with E-state index >= 15 is 0 Å². The van der Waals surface area contributed by atoms with Crippen LogP contribution in [0.1, 0.15) is 16.7 Å². The second-order valence-corrected chi connectivity index (χ2v) is 10.3. The molecule has 1 aliphatic rings. The minimum Gasteiger partial charge on any atom is -0.489 e. The second-order valence-electron chi connectivity index (χ2n) is 8.65. The van der Waals surface area contributed by atoms with Crippen molar-refractivity contribution in [1.29, 1.82) is 0 Å². The molecule has 5 nitrogen and oxygen atoms in total. The normalized spacial score (nSPS) is 14.4. The van der Waals surface area contributed by atoms with E-state index in [-0.39, 0.29) is 5.91 Å². The number of hydrogen-bond acceptors (Lipinski definition) is 5. The van der Waals surface area contributed by atoms with E-state index < -0.39 is 0 Å². The number of para-hydroxylation sites is 1. The van der Waals surface area contributed by atoms with Gasteiger partial charge in [0.15, 0.2) is 4.32 Å². The van der Waals surface area contributed by atoms with Crippen molar-refractivity contribution in [3.05, 3.63) is 113 Å². The van der Waals surface area contributed by atoms with Crippen LogP contribution in [0.2, 0.25) is 0 Å². The number of nitrogens with zero attached hydrogens (tertiary/aromatic N) is 3.